The van der Waals surface area contributed by atoms with Gasteiger partial charge in [0.1, 0.15) is 5.75 Å². The Kier molecular flexibility index (Phi) is 6.08. The Morgan fingerprint density at radius 3 is 2.34 bits per heavy atom. The van der Waals surface area contributed by atoms with Gasteiger partial charge in [-0.25, -0.2) is 0 Å². The molecule has 1 saturated heterocycles. The predicted molar refractivity (Wildman–Crippen MR) is 117 cm³/mol. The number of hydrogen-bond acceptors (Lipinski definition) is 4. The van der Waals surface area contributed by atoms with Gasteiger partial charge in [-0.15, -0.1) is 0 Å². The molecule has 1 fully saturated rings. The van der Waals surface area contributed by atoms with E-state index >= 15 is 0 Å². The number of carbonyl (C=O) groups excluding carboxylic acids is 1. The van der Waals surface area contributed by atoms with Crippen molar-refractivity contribution in [3.63, 3.8) is 0 Å². The summed E-state index contributed by atoms with van der Waals surface area (Å²) in [4.78, 5) is 17.0. The molecule has 3 aromatic rings. The number of fused-ring (bicyclic) bond motifs is 1. The molecule has 5 heteroatoms. The van der Waals surface area contributed by atoms with Crippen LogP contribution < -0.4 is 10.1 Å². The molecule has 3 aromatic carbocycles. The maximum Gasteiger partial charge on any atom is 0.238 e. The van der Waals surface area contributed by atoms with E-state index in [1.807, 2.05) is 24.3 Å². The average molecular weight is 389 g/mol. The minimum absolute atomic E-state index is 0.0256. The van der Waals surface area contributed by atoms with Crippen molar-refractivity contribution in [2.75, 3.05) is 45.2 Å². The highest BCUT2D eigenvalue weighted by atomic mass is 16.5. The fraction of sp³-hybridized carbons (Fsp3) is 0.292. The third kappa shape index (κ3) is 4.94. The summed E-state index contributed by atoms with van der Waals surface area (Å²) >= 11 is 0. The fourth-order valence-electron chi connectivity index (χ4n) is 3.85. The SMILES string of the molecule is COc1ccc(NC(=O)CN2CCN(Cc3cccc4ccccc34)CC2)cc1. The molecule has 5 nitrogen and oxygen atoms in total. The first-order valence-corrected chi connectivity index (χ1v) is 10.1. The van der Waals surface area contributed by atoms with Crippen LogP contribution in [0, 0.1) is 0 Å². The summed E-state index contributed by atoms with van der Waals surface area (Å²) in [7, 11) is 1.63. The van der Waals surface area contributed by atoms with Crippen molar-refractivity contribution in [2.24, 2.45) is 0 Å². The number of hydrogen-bond donors (Lipinski definition) is 1. The van der Waals surface area contributed by atoms with Crippen LogP contribution in [0.5, 0.6) is 5.75 Å². The van der Waals surface area contributed by atoms with E-state index in [0.29, 0.717) is 6.54 Å². The third-order valence-electron chi connectivity index (χ3n) is 5.48. The monoisotopic (exact) mass is 389 g/mol. The van der Waals surface area contributed by atoms with Gasteiger partial charge < -0.3 is 10.1 Å². The zero-order chi connectivity index (χ0) is 20.1. The maximum absolute atomic E-state index is 12.4. The van der Waals surface area contributed by atoms with Gasteiger partial charge in [0.25, 0.3) is 0 Å². The Labute approximate surface area is 171 Å². The lowest BCUT2D eigenvalue weighted by Gasteiger charge is -2.34. The van der Waals surface area contributed by atoms with Crippen LogP contribution in [0.2, 0.25) is 0 Å². The molecule has 0 saturated carbocycles. The number of anilines is 1. The highest BCUT2D eigenvalue weighted by Gasteiger charge is 2.19. The molecule has 150 valence electrons. The Hall–Kier alpha value is -2.89. The van der Waals surface area contributed by atoms with Crippen LogP contribution in [0.3, 0.4) is 0 Å². The second-order valence-corrected chi connectivity index (χ2v) is 7.47. The quantitative estimate of drug-likeness (QED) is 0.700. The molecule has 1 heterocycles. The number of methoxy groups -OCH3 is 1. The standard InChI is InChI=1S/C24H27N3O2/c1-29-22-11-9-21(10-12-22)25-24(28)18-27-15-13-26(14-16-27)17-20-7-4-6-19-5-2-3-8-23(19)20/h2-12H,13-18H2,1H3,(H,25,28). The van der Waals surface area contributed by atoms with E-state index in [1.54, 1.807) is 7.11 Å². The Balaban J connectivity index is 1.27. The number of carbonyl (C=O) groups is 1. The van der Waals surface area contributed by atoms with E-state index in [-0.39, 0.29) is 5.91 Å². The maximum atomic E-state index is 12.4. The zero-order valence-electron chi connectivity index (χ0n) is 16.8. The Bertz CT molecular complexity index is 958. The van der Waals surface area contributed by atoms with Gasteiger partial charge in [-0.3, -0.25) is 14.6 Å². The molecule has 4 rings (SSSR count). The van der Waals surface area contributed by atoms with Gasteiger partial charge in [0.15, 0.2) is 0 Å². The molecule has 0 aliphatic carbocycles. The fourth-order valence-corrected chi connectivity index (χ4v) is 3.85. The van der Waals surface area contributed by atoms with Crippen LogP contribution in [0.15, 0.2) is 66.7 Å². The first-order valence-electron chi connectivity index (χ1n) is 10.1. The number of nitrogens with zero attached hydrogens (tertiary/aromatic N) is 2. The average Bonchev–Trinajstić information content (AvgIpc) is 2.76. The van der Waals surface area contributed by atoms with Crippen LogP contribution >= 0.6 is 0 Å². The van der Waals surface area contributed by atoms with Crippen molar-refractivity contribution in [3.8, 4) is 5.75 Å². The largest absolute Gasteiger partial charge is 0.497 e. The van der Waals surface area contributed by atoms with Gasteiger partial charge in [0, 0.05) is 38.4 Å². The lowest BCUT2D eigenvalue weighted by atomic mass is 10.0. The van der Waals surface area contributed by atoms with Gasteiger partial charge in [0.05, 0.1) is 13.7 Å². The Morgan fingerprint density at radius 2 is 1.59 bits per heavy atom. The molecule has 0 radical (unpaired) electrons. The second-order valence-electron chi connectivity index (χ2n) is 7.47. The molecule has 0 aromatic heterocycles. The molecule has 0 bridgehead atoms. The van der Waals surface area contributed by atoms with Gasteiger partial charge >= 0.3 is 0 Å². The molecule has 1 amide bonds. The summed E-state index contributed by atoms with van der Waals surface area (Å²) in [6, 6.07) is 22.5. The third-order valence-corrected chi connectivity index (χ3v) is 5.48. The summed E-state index contributed by atoms with van der Waals surface area (Å²) in [6.07, 6.45) is 0. The van der Waals surface area contributed by atoms with Crippen molar-refractivity contribution in [1.29, 1.82) is 0 Å². The molecule has 1 aliphatic rings. The second kappa shape index (κ2) is 9.07. The minimum atomic E-state index is 0.0256. The van der Waals surface area contributed by atoms with E-state index < -0.39 is 0 Å². The number of nitrogens with one attached hydrogen (secondary N) is 1. The molecule has 1 N–H and O–H groups in total. The molecule has 0 atom stereocenters. The summed E-state index contributed by atoms with van der Waals surface area (Å²) in [5.74, 6) is 0.808. The van der Waals surface area contributed by atoms with Crippen LogP contribution in [0.1, 0.15) is 5.56 Å². The van der Waals surface area contributed by atoms with Crippen LogP contribution in [0.4, 0.5) is 5.69 Å². The number of amides is 1. The summed E-state index contributed by atoms with van der Waals surface area (Å²) in [6.45, 7) is 5.13. The number of benzene rings is 3. The predicted octanol–water partition coefficient (Wildman–Crippen LogP) is 3.60. The van der Waals surface area contributed by atoms with Crippen LogP contribution in [-0.2, 0) is 11.3 Å². The van der Waals surface area contributed by atoms with E-state index in [4.69, 9.17) is 4.74 Å². The smallest absolute Gasteiger partial charge is 0.238 e. The Morgan fingerprint density at radius 1 is 0.897 bits per heavy atom. The van der Waals surface area contributed by atoms with E-state index in [1.165, 1.54) is 16.3 Å². The summed E-state index contributed by atoms with van der Waals surface area (Å²) < 4.78 is 5.15. The molecule has 29 heavy (non-hydrogen) atoms. The summed E-state index contributed by atoms with van der Waals surface area (Å²) in [5.41, 5.74) is 2.17. The lowest BCUT2D eigenvalue weighted by molar-refractivity contribution is -0.117. The van der Waals surface area contributed by atoms with Crippen molar-refractivity contribution in [2.45, 2.75) is 6.54 Å². The topological polar surface area (TPSA) is 44.8 Å². The van der Waals surface area contributed by atoms with Gasteiger partial charge in [-0.2, -0.15) is 0 Å². The van der Waals surface area contributed by atoms with Crippen LogP contribution in [-0.4, -0.2) is 55.5 Å². The molecule has 1 aliphatic heterocycles. The van der Waals surface area contributed by atoms with Gasteiger partial charge in [-0.1, -0.05) is 42.5 Å². The van der Waals surface area contributed by atoms with E-state index in [2.05, 4.69) is 57.6 Å². The highest BCUT2D eigenvalue weighted by Crippen LogP contribution is 2.20. The normalized spacial score (nSPS) is 15.3. The first kappa shape index (κ1) is 19.4. The number of piperazine rings is 1. The van der Waals surface area contributed by atoms with Crippen molar-refractivity contribution in [1.82, 2.24) is 9.80 Å². The van der Waals surface area contributed by atoms with Gasteiger partial charge in [0.2, 0.25) is 5.91 Å². The molecule has 0 spiro atoms. The summed E-state index contributed by atoms with van der Waals surface area (Å²) in [5, 5.41) is 5.58. The first-order chi connectivity index (χ1) is 14.2. The van der Waals surface area contributed by atoms with Crippen molar-refractivity contribution in [3.05, 3.63) is 72.3 Å². The highest BCUT2D eigenvalue weighted by molar-refractivity contribution is 5.92. The number of ether oxygens (including phenoxy) is 1. The van der Waals surface area contributed by atoms with Crippen molar-refractivity contribution >= 4 is 22.4 Å². The minimum Gasteiger partial charge on any atom is -0.497 e. The number of rotatable bonds is 6. The van der Waals surface area contributed by atoms with Crippen LogP contribution in [0.25, 0.3) is 10.8 Å². The van der Waals surface area contributed by atoms with E-state index in [9.17, 15) is 4.79 Å². The van der Waals surface area contributed by atoms with Crippen molar-refractivity contribution < 1.29 is 9.53 Å². The lowest BCUT2D eigenvalue weighted by Crippen LogP contribution is -2.48. The molecular formula is C24H27N3O2. The molecular weight excluding hydrogens is 362 g/mol. The van der Waals surface area contributed by atoms with E-state index in [0.717, 1.165) is 44.2 Å². The zero-order valence-corrected chi connectivity index (χ0v) is 16.8. The molecule has 0 unspecified atom stereocenters. The van der Waals surface area contributed by atoms with Gasteiger partial charge in [-0.05, 0) is 40.6 Å².